The molecule has 1 heteroatoms. The van der Waals surface area contributed by atoms with Crippen molar-refractivity contribution in [3.63, 3.8) is 0 Å². The Morgan fingerprint density at radius 3 is 1.52 bits per heavy atom. The van der Waals surface area contributed by atoms with E-state index in [0.717, 1.165) is 12.6 Å². The fraction of sp³-hybridized carbons (Fsp3) is 0.0769. The van der Waals surface area contributed by atoms with Crippen LogP contribution in [-0.2, 0) is 0 Å². The van der Waals surface area contributed by atoms with Gasteiger partial charge < -0.3 is 0 Å². The molecule has 0 nitrogen and oxygen atoms in total. The molecule has 0 saturated heterocycles. The molecule has 4 rings (SSSR count). The van der Waals surface area contributed by atoms with Crippen molar-refractivity contribution >= 4 is 23.2 Å². The summed E-state index contributed by atoms with van der Waals surface area (Å²) in [6, 6.07) is 33.3. The van der Waals surface area contributed by atoms with E-state index in [1.54, 1.807) is 0 Å². The quantitative estimate of drug-likeness (QED) is 0.528. The highest BCUT2D eigenvalue weighted by Crippen LogP contribution is 2.56. The van der Waals surface area contributed by atoms with Gasteiger partial charge in [-0.25, -0.2) is 0 Å². The number of allylic oxidation sites excluding steroid dienone is 6. The summed E-state index contributed by atoms with van der Waals surface area (Å²) in [7, 11) is -1.78. The lowest BCUT2D eigenvalue weighted by atomic mass is 10.2. The predicted octanol–water partition coefficient (Wildman–Crippen LogP) is 5.42. The summed E-state index contributed by atoms with van der Waals surface area (Å²) in [4.78, 5) is 0. The van der Waals surface area contributed by atoms with E-state index in [1.807, 2.05) is 0 Å². The summed E-state index contributed by atoms with van der Waals surface area (Å²) in [5.74, 6) is 0. The van der Waals surface area contributed by atoms with E-state index >= 15 is 0 Å². The van der Waals surface area contributed by atoms with Gasteiger partial charge in [0.15, 0.2) is 0 Å². The van der Waals surface area contributed by atoms with Crippen molar-refractivity contribution in [1.29, 1.82) is 0 Å². The maximum atomic E-state index is 2.32. The first-order chi connectivity index (χ1) is 13.4. The molecule has 3 aromatic rings. The molecule has 1 aliphatic rings. The molecule has 132 valence electrons. The lowest BCUT2D eigenvalue weighted by molar-refractivity contribution is 1.22. The van der Waals surface area contributed by atoms with Crippen LogP contribution in [0.1, 0.15) is 6.42 Å². The highest BCUT2D eigenvalue weighted by molar-refractivity contribution is 7.95. The van der Waals surface area contributed by atoms with Crippen molar-refractivity contribution in [3.05, 3.63) is 127 Å². The highest BCUT2D eigenvalue weighted by atomic mass is 31.2. The van der Waals surface area contributed by atoms with Gasteiger partial charge in [-0.05, 0) is 48.4 Å². The summed E-state index contributed by atoms with van der Waals surface area (Å²) in [5, 5.41) is 4.33. The second kappa shape index (κ2) is 8.33. The minimum absolute atomic E-state index is 1.02. The summed E-state index contributed by atoms with van der Waals surface area (Å²) in [6.45, 7) is 0. The average molecular weight is 367 g/mol. The van der Waals surface area contributed by atoms with Gasteiger partial charge in [0.05, 0.1) is 6.16 Å². The topological polar surface area (TPSA) is 0 Å². The van der Waals surface area contributed by atoms with Crippen LogP contribution in [-0.4, -0.2) is 6.16 Å². The van der Waals surface area contributed by atoms with E-state index in [0.29, 0.717) is 0 Å². The first-order valence-corrected chi connectivity index (χ1v) is 11.4. The SMILES string of the molecule is C1=CC=C(C[P+](c2ccccc2)(c2ccccc2)c2ccccc2)CC=C1. The van der Waals surface area contributed by atoms with Gasteiger partial charge in [-0.1, -0.05) is 85.0 Å². The van der Waals surface area contributed by atoms with Gasteiger partial charge in [0, 0.05) is 0 Å². The van der Waals surface area contributed by atoms with Crippen LogP contribution in [0.25, 0.3) is 0 Å². The summed E-state index contributed by atoms with van der Waals surface area (Å²) >= 11 is 0. The average Bonchev–Trinajstić information content (AvgIpc) is 3.02. The van der Waals surface area contributed by atoms with Gasteiger partial charge >= 0.3 is 0 Å². The van der Waals surface area contributed by atoms with Crippen LogP contribution in [0.3, 0.4) is 0 Å². The van der Waals surface area contributed by atoms with Crippen molar-refractivity contribution in [2.45, 2.75) is 6.42 Å². The molecule has 0 amide bonds. The van der Waals surface area contributed by atoms with E-state index in [9.17, 15) is 0 Å². The third-order valence-electron chi connectivity index (χ3n) is 5.10. The van der Waals surface area contributed by atoms with E-state index in [1.165, 1.54) is 21.5 Å². The Hall–Kier alpha value is -2.69. The third kappa shape index (κ3) is 3.72. The standard InChI is InChI=1S/C26H24P/c1-2-7-15-23(14-6-1)22-27(24-16-8-3-9-17-24,25-18-10-4-11-19-25)26-20-12-5-13-21-26/h1-14,16-21H,15,22H2/q+1. The zero-order chi connectivity index (χ0) is 18.4. The molecule has 0 aromatic heterocycles. The maximum Gasteiger partial charge on any atom is 0.116 e. The molecule has 0 heterocycles. The zero-order valence-corrected chi connectivity index (χ0v) is 16.3. The zero-order valence-electron chi connectivity index (χ0n) is 15.4. The molecule has 0 unspecified atom stereocenters. The van der Waals surface area contributed by atoms with Gasteiger partial charge in [0.1, 0.15) is 23.2 Å². The second-order valence-corrected chi connectivity index (χ2v) is 10.3. The second-order valence-electron chi connectivity index (χ2n) is 6.82. The molecule has 1 aliphatic carbocycles. The molecular weight excluding hydrogens is 343 g/mol. The molecule has 3 aromatic carbocycles. The van der Waals surface area contributed by atoms with E-state index < -0.39 is 7.26 Å². The monoisotopic (exact) mass is 367 g/mol. The molecular formula is C26H24P+. The van der Waals surface area contributed by atoms with E-state index in [2.05, 4.69) is 121 Å². The van der Waals surface area contributed by atoms with Crippen molar-refractivity contribution in [3.8, 4) is 0 Å². The summed E-state index contributed by atoms with van der Waals surface area (Å²) < 4.78 is 0. The first-order valence-electron chi connectivity index (χ1n) is 9.46. The number of rotatable bonds is 5. The van der Waals surface area contributed by atoms with Gasteiger partial charge in [-0.15, -0.1) is 0 Å². The van der Waals surface area contributed by atoms with E-state index in [4.69, 9.17) is 0 Å². The van der Waals surface area contributed by atoms with E-state index in [-0.39, 0.29) is 0 Å². The molecule has 0 saturated carbocycles. The Morgan fingerprint density at radius 1 is 0.556 bits per heavy atom. The van der Waals surface area contributed by atoms with Crippen LogP contribution in [0.2, 0.25) is 0 Å². The third-order valence-corrected chi connectivity index (χ3v) is 9.52. The van der Waals surface area contributed by atoms with Crippen molar-refractivity contribution in [1.82, 2.24) is 0 Å². The normalized spacial score (nSPS) is 13.9. The van der Waals surface area contributed by atoms with Gasteiger partial charge in [-0.3, -0.25) is 0 Å². The van der Waals surface area contributed by atoms with Gasteiger partial charge in [0.25, 0.3) is 0 Å². The number of hydrogen-bond donors (Lipinski definition) is 0. The largest absolute Gasteiger partial charge is 0.116 e. The smallest absolute Gasteiger partial charge is 0.0803 e. The molecule has 0 fully saturated rings. The minimum atomic E-state index is -1.78. The number of hydrogen-bond acceptors (Lipinski definition) is 0. The van der Waals surface area contributed by atoms with Gasteiger partial charge in [-0.2, -0.15) is 0 Å². The van der Waals surface area contributed by atoms with Crippen LogP contribution in [0, 0.1) is 0 Å². The van der Waals surface area contributed by atoms with Crippen LogP contribution in [0.4, 0.5) is 0 Å². The molecule has 0 radical (unpaired) electrons. The van der Waals surface area contributed by atoms with Crippen LogP contribution >= 0.6 is 7.26 Å². The summed E-state index contributed by atoms with van der Waals surface area (Å²) in [5.41, 5.74) is 1.49. The Balaban J connectivity index is 1.96. The molecule has 27 heavy (non-hydrogen) atoms. The van der Waals surface area contributed by atoms with Gasteiger partial charge in [0.2, 0.25) is 0 Å². The van der Waals surface area contributed by atoms with Crippen LogP contribution in [0.15, 0.2) is 127 Å². The fourth-order valence-electron chi connectivity index (χ4n) is 3.81. The molecule has 0 aliphatic heterocycles. The maximum absolute atomic E-state index is 2.32. The molecule has 0 spiro atoms. The lowest BCUT2D eigenvalue weighted by Crippen LogP contribution is -2.33. The Labute approximate surface area is 162 Å². The molecule has 0 atom stereocenters. The first kappa shape index (κ1) is 17.7. The lowest BCUT2D eigenvalue weighted by Gasteiger charge is -2.28. The Morgan fingerprint density at radius 2 is 1.04 bits per heavy atom. The summed E-state index contributed by atoms with van der Waals surface area (Å²) in [6.07, 6.45) is 13.1. The Bertz CT molecular complexity index is 854. The Kier molecular flexibility index (Phi) is 5.47. The molecule has 0 N–H and O–H groups in total. The number of benzene rings is 3. The predicted molar refractivity (Wildman–Crippen MR) is 121 cm³/mol. The van der Waals surface area contributed by atoms with Crippen molar-refractivity contribution in [2.24, 2.45) is 0 Å². The van der Waals surface area contributed by atoms with Crippen LogP contribution in [0.5, 0.6) is 0 Å². The minimum Gasteiger partial charge on any atom is -0.0803 e. The van der Waals surface area contributed by atoms with Crippen LogP contribution < -0.4 is 15.9 Å². The molecule has 0 bridgehead atoms. The fourth-order valence-corrected chi connectivity index (χ4v) is 8.14. The highest BCUT2D eigenvalue weighted by Gasteiger charge is 2.45. The van der Waals surface area contributed by atoms with Crippen molar-refractivity contribution < 1.29 is 0 Å². The van der Waals surface area contributed by atoms with Crippen molar-refractivity contribution in [2.75, 3.05) is 6.16 Å².